The van der Waals surface area contributed by atoms with Crippen LogP contribution in [0.4, 0.5) is 0 Å². The lowest BCUT2D eigenvalue weighted by Gasteiger charge is -2.07. The van der Waals surface area contributed by atoms with Gasteiger partial charge < -0.3 is 0 Å². The number of rotatable bonds is 28. The summed E-state index contributed by atoms with van der Waals surface area (Å²) in [6.45, 7) is 9.36. The third-order valence-corrected chi connectivity index (χ3v) is 8.10. The van der Waals surface area contributed by atoms with E-state index in [0.717, 1.165) is 0 Å². The molecule has 0 aliphatic rings. The molecule has 1 aromatic heterocycles. The Kier molecular flexibility index (Phi) is 23.9. The van der Waals surface area contributed by atoms with Gasteiger partial charge in [-0.2, -0.15) is 0 Å². The fourth-order valence-electron chi connectivity index (χ4n) is 5.59. The van der Waals surface area contributed by atoms with Gasteiger partial charge in [0.05, 0.1) is 13.1 Å². The van der Waals surface area contributed by atoms with E-state index in [-0.39, 0.29) is 0 Å². The second-order valence-electron chi connectivity index (χ2n) is 11.6. The highest BCUT2D eigenvalue weighted by atomic mass is 15.1. The van der Waals surface area contributed by atoms with E-state index in [1.807, 2.05) is 0 Å². The summed E-state index contributed by atoms with van der Waals surface area (Å²) in [6.07, 6.45) is 41.5. The standard InChI is InChI=1S/C34H67N2/c1-4-7-10-12-14-16-18-19-20-22-24-26-28-31-36-33-32-35(30-9-6-3)34(36)29-27-25-23-21-17-15-13-11-8-5-2/h32-33H,4-31H2,1-3H3/q+1. The van der Waals surface area contributed by atoms with Crippen molar-refractivity contribution in [3.8, 4) is 0 Å². The third kappa shape index (κ3) is 18.5. The van der Waals surface area contributed by atoms with Gasteiger partial charge in [0.1, 0.15) is 12.4 Å². The van der Waals surface area contributed by atoms with Crippen molar-refractivity contribution >= 4 is 0 Å². The van der Waals surface area contributed by atoms with Crippen molar-refractivity contribution in [3.05, 3.63) is 18.2 Å². The van der Waals surface area contributed by atoms with Crippen LogP contribution in [-0.2, 0) is 19.5 Å². The molecule has 0 amide bonds. The topological polar surface area (TPSA) is 8.81 Å². The molecule has 0 radical (unpaired) electrons. The zero-order valence-electron chi connectivity index (χ0n) is 25.3. The highest BCUT2D eigenvalue weighted by molar-refractivity contribution is 4.84. The zero-order valence-corrected chi connectivity index (χ0v) is 25.3. The van der Waals surface area contributed by atoms with Gasteiger partial charge >= 0.3 is 0 Å². The number of aromatic nitrogens is 2. The third-order valence-electron chi connectivity index (χ3n) is 8.10. The van der Waals surface area contributed by atoms with Crippen molar-refractivity contribution in [2.24, 2.45) is 0 Å². The summed E-state index contributed by atoms with van der Waals surface area (Å²) < 4.78 is 5.17. The molecule has 1 aromatic rings. The molecule has 0 atom stereocenters. The first-order valence-corrected chi connectivity index (χ1v) is 16.9. The molecular formula is C34H67N2+. The van der Waals surface area contributed by atoms with Crippen LogP contribution < -0.4 is 4.57 Å². The van der Waals surface area contributed by atoms with E-state index in [1.165, 1.54) is 180 Å². The minimum absolute atomic E-state index is 1.20. The molecule has 0 fully saturated rings. The van der Waals surface area contributed by atoms with Crippen LogP contribution in [-0.4, -0.2) is 4.57 Å². The Hall–Kier alpha value is -0.790. The van der Waals surface area contributed by atoms with Gasteiger partial charge in [-0.15, -0.1) is 0 Å². The van der Waals surface area contributed by atoms with E-state index in [0.29, 0.717) is 0 Å². The predicted octanol–water partition coefficient (Wildman–Crippen LogP) is 11.1. The molecule has 2 nitrogen and oxygen atoms in total. The van der Waals surface area contributed by atoms with Crippen LogP contribution >= 0.6 is 0 Å². The lowest BCUT2D eigenvalue weighted by Crippen LogP contribution is -2.37. The highest BCUT2D eigenvalue weighted by Gasteiger charge is 2.16. The quantitative estimate of drug-likeness (QED) is 0.0794. The first-order valence-electron chi connectivity index (χ1n) is 16.9. The van der Waals surface area contributed by atoms with Gasteiger partial charge in [-0.1, -0.05) is 156 Å². The molecule has 0 aliphatic heterocycles. The molecule has 0 saturated carbocycles. The molecule has 1 rings (SSSR count). The SMILES string of the molecule is CCCCCCCCCCCCCCC[n+]1ccn(CCCC)c1CCCCCCCCCCCC. The number of aryl methyl sites for hydroxylation is 2. The zero-order chi connectivity index (χ0) is 25.9. The van der Waals surface area contributed by atoms with E-state index < -0.39 is 0 Å². The van der Waals surface area contributed by atoms with Crippen molar-refractivity contribution in [1.82, 2.24) is 4.57 Å². The van der Waals surface area contributed by atoms with Crippen LogP contribution in [0.1, 0.15) is 187 Å². The van der Waals surface area contributed by atoms with E-state index in [4.69, 9.17) is 0 Å². The summed E-state index contributed by atoms with van der Waals surface area (Å²) >= 11 is 0. The molecule has 0 spiro atoms. The average Bonchev–Trinajstić information content (AvgIpc) is 3.27. The Balaban J connectivity index is 2.15. The molecule has 0 N–H and O–H groups in total. The van der Waals surface area contributed by atoms with Crippen molar-refractivity contribution in [2.75, 3.05) is 0 Å². The van der Waals surface area contributed by atoms with Gasteiger partial charge in [0.15, 0.2) is 0 Å². The van der Waals surface area contributed by atoms with Crippen molar-refractivity contribution in [3.63, 3.8) is 0 Å². The molecule has 0 unspecified atom stereocenters. The molecule has 36 heavy (non-hydrogen) atoms. The summed E-state index contributed by atoms with van der Waals surface area (Å²) in [7, 11) is 0. The van der Waals surface area contributed by atoms with Gasteiger partial charge in [-0.3, -0.25) is 0 Å². The molecule has 0 saturated heterocycles. The van der Waals surface area contributed by atoms with Crippen LogP contribution in [0.25, 0.3) is 0 Å². The minimum atomic E-state index is 1.20. The van der Waals surface area contributed by atoms with Crippen LogP contribution in [0.5, 0.6) is 0 Å². The van der Waals surface area contributed by atoms with Crippen LogP contribution in [0.15, 0.2) is 12.4 Å². The van der Waals surface area contributed by atoms with Gasteiger partial charge in [-0.05, 0) is 25.7 Å². The second-order valence-corrected chi connectivity index (χ2v) is 11.6. The number of nitrogens with zero attached hydrogens (tertiary/aromatic N) is 2. The predicted molar refractivity (Wildman–Crippen MR) is 161 cm³/mol. The maximum absolute atomic E-state index is 2.60. The summed E-state index contributed by atoms with van der Waals surface area (Å²) in [4.78, 5) is 0. The largest absolute Gasteiger partial charge is 0.256 e. The van der Waals surface area contributed by atoms with Crippen LogP contribution in [0.2, 0.25) is 0 Å². The fraction of sp³-hybridized carbons (Fsp3) is 0.912. The summed E-state index contributed by atoms with van der Waals surface area (Å²) in [5.74, 6) is 1.60. The maximum Gasteiger partial charge on any atom is 0.256 e. The Bertz CT molecular complexity index is 562. The fourth-order valence-corrected chi connectivity index (χ4v) is 5.59. The molecular weight excluding hydrogens is 436 g/mol. The minimum Gasteiger partial charge on any atom is -0.234 e. The summed E-state index contributed by atoms with van der Waals surface area (Å²) in [5, 5.41) is 0. The Morgan fingerprint density at radius 2 is 0.861 bits per heavy atom. The number of imidazole rings is 1. The van der Waals surface area contributed by atoms with Crippen LogP contribution in [0.3, 0.4) is 0 Å². The molecule has 1 heterocycles. The number of unbranched alkanes of at least 4 members (excludes halogenated alkanes) is 22. The monoisotopic (exact) mass is 504 g/mol. The van der Waals surface area contributed by atoms with E-state index >= 15 is 0 Å². The number of hydrogen-bond acceptors (Lipinski definition) is 0. The van der Waals surface area contributed by atoms with Crippen molar-refractivity contribution in [2.45, 2.75) is 201 Å². The lowest BCUT2D eigenvalue weighted by molar-refractivity contribution is -0.704. The maximum atomic E-state index is 2.60. The molecule has 2 heteroatoms. The van der Waals surface area contributed by atoms with E-state index in [2.05, 4.69) is 42.3 Å². The van der Waals surface area contributed by atoms with Gasteiger partial charge in [0.2, 0.25) is 0 Å². The molecule has 0 aliphatic carbocycles. The van der Waals surface area contributed by atoms with Crippen molar-refractivity contribution in [1.29, 1.82) is 0 Å². The normalized spacial score (nSPS) is 11.5. The van der Waals surface area contributed by atoms with E-state index in [1.54, 1.807) is 5.82 Å². The Labute approximate surface area is 228 Å². The van der Waals surface area contributed by atoms with Gasteiger partial charge in [0, 0.05) is 6.42 Å². The number of hydrogen-bond donors (Lipinski definition) is 0. The van der Waals surface area contributed by atoms with Crippen molar-refractivity contribution < 1.29 is 4.57 Å². The van der Waals surface area contributed by atoms with Crippen LogP contribution in [0, 0.1) is 0 Å². The Morgan fingerprint density at radius 1 is 0.472 bits per heavy atom. The lowest BCUT2D eigenvalue weighted by atomic mass is 10.0. The first-order chi connectivity index (χ1) is 17.8. The summed E-state index contributed by atoms with van der Waals surface area (Å²) in [5.41, 5.74) is 0. The Morgan fingerprint density at radius 3 is 1.31 bits per heavy atom. The molecule has 0 aromatic carbocycles. The summed E-state index contributed by atoms with van der Waals surface area (Å²) in [6, 6.07) is 0. The highest BCUT2D eigenvalue weighted by Crippen LogP contribution is 2.14. The second kappa shape index (κ2) is 25.8. The van der Waals surface area contributed by atoms with E-state index in [9.17, 15) is 0 Å². The first kappa shape index (κ1) is 33.2. The smallest absolute Gasteiger partial charge is 0.234 e. The average molecular weight is 504 g/mol. The molecule has 0 bridgehead atoms. The molecule has 212 valence electrons. The van der Waals surface area contributed by atoms with Gasteiger partial charge in [0.25, 0.3) is 5.82 Å². The van der Waals surface area contributed by atoms with Gasteiger partial charge in [-0.25, -0.2) is 9.13 Å².